The highest BCUT2D eigenvalue weighted by atomic mass is 32.1. The van der Waals surface area contributed by atoms with Crippen LogP contribution in [0, 0.1) is 5.82 Å². The molecule has 1 aliphatic carbocycles. The molecule has 2 aromatic carbocycles. The molecule has 0 spiro atoms. The number of carbonyl (C=O) groups excluding carboxylic acids is 1. The second-order valence-electron chi connectivity index (χ2n) is 5.78. The third-order valence-corrected chi connectivity index (χ3v) is 5.23. The lowest BCUT2D eigenvalue weighted by Gasteiger charge is -2.15. The Balaban J connectivity index is 1.64. The first kappa shape index (κ1) is 15.8. The zero-order chi connectivity index (χ0) is 17.4. The number of thiazole rings is 1. The molecule has 25 heavy (non-hydrogen) atoms. The number of anilines is 1. The monoisotopic (exact) mass is 354 g/mol. The van der Waals surface area contributed by atoms with Crippen LogP contribution in [-0.4, -0.2) is 18.0 Å². The predicted octanol–water partition coefficient (Wildman–Crippen LogP) is 4.31. The van der Waals surface area contributed by atoms with Crippen LogP contribution >= 0.6 is 11.3 Å². The van der Waals surface area contributed by atoms with E-state index < -0.39 is 5.82 Å². The van der Waals surface area contributed by atoms with Crippen molar-refractivity contribution < 1.29 is 13.9 Å². The Bertz CT molecular complexity index is 968. The van der Waals surface area contributed by atoms with E-state index in [0.717, 1.165) is 34.7 Å². The van der Waals surface area contributed by atoms with Crippen LogP contribution in [0.1, 0.15) is 20.8 Å². The largest absolute Gasteiger partial charge is 0.497 e. The Morgan fingerprint density at radius 3 is 2.92 bits per heavy atom. The van der Waals surface area contributed by atoms with Gasteiger partial charge in [0.25, 0.3) is 5.91 Å². The number of fused-ring (bicyclic) bond motifs is 3. The zero-order valence-electron chi connectivity index (χ0n) is 13.5. The molecule has 0 radical (unpaired) electrons. The molecule has 0 bridgehead atoms. The molecule has 1 aromatic heterocycles. The van der Waals surface area contributed by atoms with Gasteiger partial charge in [0, 0.05) is 16.0 Å². The van der Waals surface area contributed by atoms with E-state index in [4.69, 9.17) is 4.74 Å². The van der Waals surface area contributed by atoms with E-state index in [9.17, 15) is 9.18 Å². The average Bonchev–Trinajstić information content (AvgIpc) is 3.04. The summed E-state index contributed by atoms with van der Waals surface area (Å²) in [6.07, 6.45) is 1.83. The van der Waals surface area contributed by atoms with Gasteiger partial charge in [-0.15, -0.1) is 11.3 Å². The lowest BCUT2D eigenvalue weighted by molar-refractivity contribution is 0.102. The summed E-state index contributed by atoms with van der Waals surface area (Å²) in [6, 6.07) is 11.6. The number of aromatic nitrogens is 1. The lowest BCUT2D eigenvalue weighted by atomic mass is 9.93. The summed E-state index contributed by atoms with van der Waals surface area (Å²) in [5, 5.41) is 3.30. The van der Waals surface area contributed by atoms with Crippen LogP contribution in [0.4, 0.5) is 9.52 Å². The Labute approximate surface area is 148 Å². The van der Waals surface area contributed by atoms with Crippen molar-refractivity contribution in [2.75, 3.05) is 12.4 Å². The Kier molecular flexibility index (Phi) is 3.97. The molecular formula is C19H15FN2O2S. The molecule has 1 N–H and O–H groups in total. The van der Waals surface area contributed by atoms with E-state index >= 15 is 0 Å². The summed E-state index contributed by atoms with van der Waals surface area (Å²) < 4.78 is 18.6. The van der Waals surface area contributed by atoms with Gasteiger partial charge >= 0.3 is 0 Å². The van der Waals surface area contributed by atoms with Gasteiger partial charge in [-0.3, -0.25) is 10.1 Å². The molecule has 3 aromatic rings. The van der Waals surface area contributed by atoms with Gasteiger partial charge in [-0.2, -0.15) is 0 Å². The minimum Gasteiger partial charge on any atom is -0.497 e. The third kappa shape index (κ3) is 3.00. The van der Waals surface area contributed by atoms with Crippen molar-refractivity contribution in [2.45, 2.75) is 12.8 Å². The molecule has 0 aliphatic heterocycles. The van der Waals surface area contributed by atoms with Crippen LogP contribution in [0.2, 0.25) is 0 Å². The lowest BCUT2D eigenvalue weighted by Crippen LogP contribution is -2.11. The number of nitrogens with one attached hydrogen (secondary N) is 1. The number of halogens is 1. The first-order chi connectivity index (χ1) is 12.1. The fourth-order valence-corrected chi connectivity index (χ4v) is 3.92. The maximum Gasteiger partial charge on any atom is 0.257 e. The van der Waals surface area contributed by atoms with E-state index in [0.29, 0.717) is 5.13 Å². The molecule has 0 saturated heterocycles. The molecule has 0 fully saturated rings. The van der Waals surface area contributed by atoms with Gasteiger partial charge in [-0.05, 0) is 48.7 Å². The average molecular weight is 354 g/mol. The van der Waals surface area contributed by atoms with Crippen LogP contribution in [0.15, 0.2) is 42.5 Å². The second-order valence-corrected chi connectivity index (χ2v) is 6.86. The number of hydrogen-bond donors (Lipinski definition) is 1. The number of carbonyl (C=O) groups is 1. The third-order valence-electron chi connectivity index (χ3n) is 4.20. The number of ether oxygens (including phenoxy) is 1. The highest BCUT2D eigenvalue weighted by molar-refractivity contribution is 7.16. The molecule has 4 rings (SSSR count). The first-order valence-corrected chi connectivity index (χ1v) is 8.69. The van der Waals surface area contributed by atoms with Crippen molar-refractivity contribution in [2.24, 2.45) is 0 Å². The highest BCUT2D eigenvalue weighted by Crippen LogP contribution is 2.39. The van der Waals surface area contributed by atoms with E-state index in [1.807, 2.05) is 12.1 Å². The number of methoxy groups -OCH3 is 1. The summed E-state index contributed by atoms with van der Waals surface area (Å²) in [7, 11) is 1.64. The quantitative estimate of drug-likeness (QED) is 0.763. The maximum atomic E-state index is 13.3. The number of aryl methyl sites for hydroxylation is 2. The standard InChI is InChI=1S/C19H15FN2O2S/c1-24-14-7-5-11-6-8-16-17(15(11)10-14)21-19(25-16)22-18(23)12-3-2-4-13(20)9-12/h2-5,7,9-10H,6,8H2,1H3,(H,21,22,23). The Morgan fingerprint density at radius 1 is 1.24 bits per heavy atom. The van der Waals surface area contributed by atoms with E-state index in [-0.39, 0.29) is 11.5 Å². The van der Waals surface area contributed by atoms with Crippen LogP contribution in [-0.2, 0) is 12.8 Å². The molecule has 0 saturated carbocycles. The molecule has 126 valence electrons. The summed E-state index contributed by atoms with van der Waals surface area (Å²) in [6.45, 7) is 0. The fourth-order valence-electron chi connectivity index (χ4n) is 2.95. The Morgan fingerprint density at radius 2 is 2.12 bits per heavy atom. The molecular weight excluding hydrogens is 339 g/mol. The molecule has 1 amide bonds. The number of rotatable bonds is 3. The normalized spacial score (nSPS) is 12.2. The summed E-state index contributed by atoms with van der Waals surface area (Å²) in [5.41, 5.74) is 3.43. The number of nitrogens with zero attached hydrogens (tertiary/aromatic N) is 1. The van der Waals surface area contributed by atoms with Gasteiger partial charge in [0.1, 0.15) is 11.6 Å². The predicted molar refractivity (Wildman–Crippen MR) is 95.9 cm³/mol. The second kappa shape index (κ2) is 6.29. The van der Waals surface area contributed by atoms with E-state index in [1.54, 1.807) is 13.2 Å². The number of benzene rings is 2. The van der Waals surface area contributed by atoms with Crippen molar-refractivity contribution in [1.82, 2.24) is 4.98 Å². The SMILES string of the molecule is COc1ccc2c(c1)-c1nc(NC(=O)c3cccc(F)c3)sc1CC2. The molecule has 1 heterocycles. The number of hydrogen-bond acceptors (Lipinski definition) is 4. The van der Waals surface area contributed by atoms with Crippen LogP contribution in [0.5, 0.6) is 5.75 Å². The van der Waals surface area contributed by atoms with Crippen LogP contribution in [0.25, 0.3) is 11.3 Å². The van der Waals surface area contributed by atoms with Crippen LogP contribution in [0.3, 0.4) is 0 Å². The molecule has 0 atom stereocenters. The van der Waals surface area contributed by atoms with Crippen molar-refractivity contribution in [1.29, 1.82) is 0 Å². The van der Waals surface area contributed by atoms with E-state index in [1.165, 1.54) is 35.1 Å². The summed E-state index contributed by atoms with van der Waals surface area (Å²) in [5.74, 6) is -0.0199. The van der Waals surface area contributed by atoms with Gasteiger partial charge in [0.2, 0.25) is 0 Å². The minimum absolute atomic E-state index is 0.273. The van der Waals surface area contributed by atoms with Crippen molar-refractivity contribution in [3.8, 4) is 17.0 Å². The van der Waals surface area contributed by atoms with Gasteiger partial charge in [-0.1, -0.05) is 12.1 Å². The smallest absolute Gasteiger partial charge is 0.257 e. The molecule has 1 aliphatic rings. The van der Waals surface area contributed by atoms with Gasteiger partial charge in [-0.25, -0.2) is 9.37 Å². The van der Waals surface area contributed by atoms with Crippen molar-refractivity contribution >= 4 is 22.4 Å². The van der Waals surface area contributed by atoms with Crippen molar-refractivity contribution in [3.63, 3.8) is 0 Å². The maximum absolute atomic E-state index is 13.3. The zero-order valence-corrected chi connectivity index (χ0v) is 14.3. The van der Waals surface area contributed by atoms with Gasteiger partial charge in [0.05, 0.1) is 12.8 Å². The van der Waals surface area contributed by atoms with E-state index in [2.05, 4.69) is 16.4 Å². The molecule has 4 nitrogen and oxygen atoms in total. The molecule has 0 unspecified atom stereocenters. The summed E-state index contributed by atoms with van der Waals surface area (Å²) >= 11 is 1.46. The van der Waals surface area contributed by atoms with Crippen molar-refractivity contribution in [3.05, 3.63) is 64.3 Å². The highest BCUT2D eigenvalue weighted by Gasteiger charge is 2.22. The van der Waals surface area contributed by atoms with Gasteiger partial charge in [0.15, 0.2) is 5.13 Å². The first-order valence-electron chi connectivity index (χ1n) is 7.88. The number of amides is 1. The molecule has 6 heteroatoms. The van der Waals surface area contributed by atoms with Crippen LogP contribution < -0.4 is 10.1 Å². The Hall–Kier alpha value is -2.73. The van der Waals surface area contributed by atoms with Gasteiger partial charge < -0.3 is 4.74 Å². The topological polar surface area (TPSA) is 51.2 Å². The summed E-state index contributed by atoms with van der Waals surface area (Å²) in [4.78, 5) is 18.0. The fraction of sp³-hybridized carbons (Fsp3) is 0.158. The minimum atomic E-state index is -0.438.